The van der Waals surface area contributed by atoms with Crippen molar-refractivity contribution in [2.24, 2.45) is 0 Å². The summed E-state index contributed by atoms with van der Waals surface area (Å²) in [5.41, 5.74) is 2.55. The summed E-state index contributed by atoms with van der Waals surface area (Å²) in [6.07, 6.45) is 2.33. The first kappa shape index (κ1) is 11.3. The third-order valence-electron chi connectivity index (χ3n) is 3.03. The minimum absolute atomic E-state index is 0.527. The Morgan fingerprint density at radius 2 is 2.25 bits per heavy atom. The van der Waals surface area contributed by atoms with Crippen molar-refractivity contribution in [2.45, 2.75) is 18.9 Å². The zero-order valence-corrected chi connectivity index (χ0v) is 10.3. The van der Waals surface area contributed by atoms with E-state index in [-0.39, 0.29) is 0 Å². The van der Waals surface area contributed by atoms with Crippen LogP contribution in [0.15, 0.2) is 18.2 Å². The van der Waals surface area contributed by atoms with E-state index in [1.807, 2.05) is 6.07 Å². The predicted molar refractivity (Wildman–Crippen MR) is 67.3 cm³/mol. The number of nitrogens with zero attached hydrogens (tertiary/aromatic N) is 1. The van der Waals surface area contributed by atoms with Gasteiger partial charge in [-0.05, 0) is 38.6 Å². The van der Waals surface area contributed by atoms with E-state index in [1.54, 1.807) is 7.11 Å². The van der Waals surface area contributed by atoms with Gasteiger partial charge in [0.2, 0.25) is 0 Å². The number of anilines is 1. The number of likely N-dealkylation sites (N-methyl/N-ethyl adjacent to an activating group) is 1. The highest BCUT2D eigenvalue weighted by atomic mass is 16.5. The first-order chi connectivity index (χ1) is 7.70. The van der Waals surface area contributed by atoms with Crippen LogP contribution < -0.4 is 10.1 Å². The lowest BCUT2D eigenvalue weighted by atomic mass is 9.97. The van der Waals surface area contributed by atoms with E-state index in [1.165, 1.54) is 17.7 Å². The van der Waals surface area contributed by atoms with Gasteiger partial charge in [0.15, 0.2) is 0 Å². The van der Waals surface area contributed by atoms with Gasteiger partial charge in [-0.15, -0.1) is 0 Å². The van der Waals surface area contributed by atoms with Gasteiger partial charge in [0.25, 0.3) is 0 Å². The molecule has 1 aromatic carbocycles. The van der Waals surface area contributed by atoms with Crippen LogP contribution in [0.4, 0.5) is 5.69 Å². The molecule has 1 unspecified atom stereocenters. The van der Waals surface area contributed by atoms with Gasteiger partial charge < -0.3 is 15.0 Å². The Morgan fingerprint density at radius 1 is 1.44 bits per heavy atom. The molecule has 0 saturated heterocycles. The van der Waals surface area contributed by atoms with E-state index in [2.05, 4.69) is 36.4 Å². The topological polar surface area (TPSA) is 24.5 Å². The summed E-state index contributed by atoms with van der Waals surface area (Å²) in [5, 5.41) is 3.58. The molecule has 16 heavy (non-hydrogen) atoms. The van der Waals surface area contributed by atoms with Crippen LogP contribution in [0.2, 0.25) is 0 Å². The minimum Gasteiger partial charge on any atom is -0.495 e. The van der Waals surface area contributed by atoms with Gasteiger partial charge in [-0.1, -0.05) is 12.1 Å². The average molecular weight is 220 g/mol. The van der Waals surface area contributed by atoms with Gasteiger partial charge in [-0.25, -0.2) is 0 Å². The summed E-state index contributed by atoms with van der Waals surface area (Å²) < 4.78 is 5.39. The monoisotopic (exact) mass is 220 g/mol. The number of nitrogens with one attached hydrogen (secondary N) is 1. The Morgan fingerprint density at radius 3 is 2.94 bits per heavy atom. The maximum Gasteiger partial charge on any atom is 0.142 e. The molecule has 1 N–H and O–H groups in total. The summed E-state index contributed by atoms with van der Waals surface area (Å²) in [7, 11) is 5.95. The van der Waals surface area contributed by atoms with Crippen molar-refractivity contribution in [1.29, 1.82) is 0 Å². The number of aryl methyl sites for hydroxylation is 1. The molecule has 0 aliphatic carbocycles. The van der Waals surface area contributed by atoms with Gasteiger partial charge in [0.05, 0.1) is 12.8 Å². The van der Waals surface area contributed by atoms with Crippen LogP contribution in [0.25, 0.3) is 0 Å². The molecule has 1 aliphatic rings. The van der Waals surface area contributed by atoms with Crippen molar-refractivity contribution in [1.82, 2.24) is 4.90 Å². The predicted octanol–water partition coefficient (Wildman–Crippen LogP) is 1.98. The lowest BCUT2D eigenvalue weighted by Gasteiger charge is -2.30. The van der Waals surface area contributed by atoms with Crippen LogP contribution in [-0.2, 0) is 6.42 Å². The van der Waals surface area contributed by atoms with Crippen molar-refractivity contribution in [3.05, 3.63) is 23.8 Å². The lowest BCUT2D eigenvalue weighted by molar-refractivity contribution is 0.368. The zero-order valence-electron chi connectivity index (χ0n) is 10.3. The highest BCUT2D eigenvalue weighted by molar-refractivity contribution is 5.64. The second-order valence-electron chi connectivity index (χ2n) is 4.64. The SMILES string of the molecule is COc1cccc2c1NC(CN(C)C)CC2. The number of para-hydroxylation sites is 1. The molecule has 1 aromatic rings. The number of hydrogen-bond donors (Lipinski definition) is 1. The van der Waals surface area contributed by atoms with Crippen molar-refractivity contribution >= 4 is 5.69 Å². The molecular formula is C13H20N2O. The van der Waals surface area contributed by atoms with E-state index in [0.29, 0.717) is 6.04 Å². The van der Waals surface area contributed by atoms with Crippen LogP contribution in [-0.4, -0.2) is 38.7 Å². The van der Waals surface area contributed by atoms with Crippen LogP contribution in [0, 0.1) is 0 Å². The molecule has 0 bridgehead atoms. The first-order valence-electron chi connectivity index (χ1n) is 5.78. The van der Waals surface area contributed by atoms with Crippen LogP contribution in [0.3, 0.4) is 0 Å². The molecule has 3 heteroatoms. The number of benzene rings is 1. The third kappa shape index (κ3) is 2.30. The Bertz CT molecular complexity index is 349. The Hall–Kier alpha value is -1.22. The smallest absolute Gasteiger partial charge is 0.142 e. The molecule has 0 radical (unpaired) electrons. The Kier molecular flexibility index (Phi) is 3.34. The van der Waals surface area contributed by atoms with E-state index in [0.717, 1.165) is 18.7 Å². The Balaban J connectivity index is 2.18. The van der Waals surface area contributed by atoms with Gasteiger partial charge in [-0.3, -0.25) is 0 Å². The molecule has 0 spiro atoms. The van der Waals surface area contributed by atoms with Gasteiger partial charge in [0.1, 0.15) is 5.75 Å². The van der Waals surface area contributed by atoms with Crippen molar-refractivity contribution < 1.29 is 4.74 Å². The Labute approximate surface area is 97.4 Å². The third-order valence-corrected chi connectivity index (χ3v) is 3.03. The maximum absolute atomic E-state index is 5.39. The van der Waals surface area contributed by atoms with Gasteiger partial charge in [0, 0.05) is 12.6 Å². The number of rotatable bonds is 3. The standard InChI is InChI=1S/C13H20N2O/c1-15(2)9-11-8-7-10-5-4-6-12(16-3)13(10)14-11/h4-6,11,14H,7-9H2,1-3H3. The molecule has 1 heterocycles. The van der Waals surface area contributed by atoms with Gasteiger partial charge >= 0.3 is 0 Å². The fourth-order valence-electron chi connectivity index (χ4n) is 2.30. The summed E-state index contributed by atoms with van der Waals surface area (Å²) in [6, 6.07) is 6.78. The van der Waals surface area contributed by atoms with Crippen molar-refractivity contribution in [3.63, 3.8) is 0 Å². The second-order valence-corrected chi connectivity index (χ2v) is 4.64. The molecule has 1 atom stereocenters. The summed E-state index contributed by atoms with van der Waals surface area (Å²) in [5.74, 6) is 0.959. The molecule has 2 rings (SSSR count). The van der Waals surface area contributed by atoms with Crippen molar-refractivity contribution in [3.8, 4) is 5.75 Å². The first-order valence-corrected chi connectivity index (χ1v) is 5.78. The van der Waals surface area contributed by atoms with Crippen LogP contribution in [0.1, 0.15) is 12.0 Å². The number of hydrogen-bond acceptors (Lipinski definition) is 3. The van der Waals surface area contributed by atoms with Gasteiger partial charge in [-0.2, -0.15) is 0 Å². The molecule has 0 saturated carbocycles. The number of methoxy groups -OCH3 is 1. The maximum atomic E-state index is 5.39. The summed E-state index contributed by atoms with van der Waals surface area (Å²) >= 11 is 0. The second kappa shape index (κ2) is 4.74. The number of fused-ring (bicyclic) bond motifs is 1. The summed E-state index contributed by atoms with van der Waals surface area (Å²) in [4.78, 5) is 2.22. The molecule has 0 amide bonds. The zero-order chi connectivity index (χ0) is 11.5. The normalized spacial score (nSPS) is 19.1. The molecule has 3 nitrogen and oxygen atoms in total. The van der Waals surface area contributed by atoms with E-state index in [9.17, 15) is 0 Å². The summed E-state index contributed by atoms with van der Waals surface area (Å²) in [6.45, 7) is 1.07. The number of ether oxygens (including phenoxy) is 1. The van der Waals surface area contributed by atoms with Crippen LogP contribution >= 0.6 is 0 Å². The highest BCUT2D eigenvalue weighted by Gasteiger charge is 2.20. The highest BCUT2D eigenvalue weighted by Crippen LogP contribution is 2.33. The molecule has 1 aliphatic heterocycles. The van der Waals surface area contributed by atoms with E-state index >= 15 is 0 Å². The molecular weight excluding hydrogens is 200 g/mol. The quantitative estimate of drug-likeness (QED) is 0.843. The minimum atomic E-state index is 0.527. The fourth-order valence-corrected chi connectivity index (χ4v) is 2.30. The van der Waals surface area contributed by atoms with E-state index in [4.69, 9.17) is 4.74 Å². The van der Waals surface area contributed by atoms with Crippen LogP contribution in [0.5, 0.6) is 5.75 Å². The van der Waals surface area contributed by atoms with Crippen molar-refractivity contribution in [2.75, 3.05) is 33.1 Å². The molecule has 88 valence electrons. The molecule has 0 aromatic heterocycles. The lowest BCUT2D eigenvalue weighted by Crippen LogP contribution is -2.35. The average Bonchev–Trinajstić information content (AvgIpc) is 2.27. The molecule has 0 fully saturated rings. The van der Waals surface area contributed by atoms with E-state index < -0.39 is 0 Å². The fraction of sp³-hybridized carbons (Fsp3) is 0.538. The largest absolute Gasteiger partial charge is 0.495 e.